The molecule has 3 aromatic rings. The van der Waals surface area contributed by atoms with Crippen LogP contribution in [-0.2, 0) is 28.9 Å². The lowest BCUT2D eigenvalue weighted by Gasteiger charge is -2.21. The van der Waals surface area contributed by atoms with E-state index in [4.69, 9.17) is 13.7 Å². The van der Waals surface area contributed by atoms with Crippen LogP contribution in [0.25, 0.3) is 6.08 Å². The molecular weight excluding hydrogens is 444 g/mol. The van der Waals surface area contributed by atoms with Gasteiger partial charge in [0.05, 0.1) is 37.4 Å². The van der Waals surface area contributed by atoms with Crippen molar-refractivity contribution in [3.8, 4) is 6.07 Å². The Morgan fingerprint density at radius 1 is 1.45 bits per heavy atom. The van der Waals surface area contributed by atoms with Gasteiger partial charge in [0.15, 0.2) is 0 Å². The van der Waals surface area contributed by atoms with E-state index in [1.807, 2.05) is 0 Å². The van der Waals surface area contributed by atoms with Crippen LogP contribution in [0.15, 0.2) is 39.8 Å². The van der Waals surface area contributed by atoms with Crippen LogP contribution in [0.2, 0.25) is 0 Å². The molecule has 0 saturated heterocycles. The van der Waals surface area contributed by atoms with E-state index in [0.29, 0.717) is 29.2 Å². The summed E-state index contributed by atoms with van der Waals surface area (Å²) in [4.78, 5) is 25.4. The molecule has 9 nitrogen and oxygen atoms in total. The number of thiophene rings is 1. The number of furan rings is 1. The third-order valence-corrected chi connectivity index (χ3v) is 6.58. The molecular formula is C23H22N4O5S. The standard InChI is InChI=1S/C23H22N4O5S/c1-14-17(11-26-32-14)10-25-23(29)31-13-16-2-4-18-19(9-24)22(33-20(18)8-16)27-21(28)5-3-15-6-7-30-12-15/h3,5-7,11-12,16H,2,4,8,10,13H2,1H3,(H,25,29)(H,27,28). The highest BCUT2D eigenvalue weighted by molar-refractivity contribution is 7.16. The average Bonchev–Trinajstić information content (AvgIpc) is 3.54. The summed E-state index contributed by atoms with van der Waals surface area (Å²) in [5.74, 6) is 0.488. The van der Waals surface area contributed by atoms with Crippen LogP contribution in [0.5, 0.6) is 0 Å². The Morgan fingerprint density at radius 3 is 3.06 bits per heavy atom. The minimum atomic E-state index is -0.498. The molecule has 0 fully saturated rings. The minimum absolute atomic E-state index is 0.148. The lowest BCUT2D eigenvalue weighted by molar-refractivity contribution is -0.111. The van der Waals surface area contributed by atoms with Gasteiger partial charge < -0.3 is 24.3 Å². The summed E-state index contributed by atoms with van der Waals surface area (Å²) in [6.07, 6.45) is 9.35. The highest BCUT2D eigenvalue weighted by Gasteiger charge is 2.27. The molecule has 10 heteroatoms. The van der Waals surface area contributed by atoms with Crippen LogP contribution in [0.3, 0.4) is 0 Å². The van der Waals surface area contributed by atoms with Gasteiger partial charge in [0.25, 0.3) is 0 Å². The van der Waals surface area contributed by atoms with E-state index in [1.54, 1.807) is 25.3 Å². The van der Waals surface area contributed by atoms with Gasteiger partial charge in [0.2, 0.25) is 5.91 Å². The van der Waals surface area contributed by atoms with Crippen molar-refractivity contribution < 1.29 is 23.3 Å². The van der Waals surface area contributed by atoms with Crippen molar-refractivity contribution in [3.05, 3.63) is 63.8 Å². The topological polar surface area (TPSA) is 130 Å². The van der Waals surface area contributed by atoms with Gasteiger partial charge in [0, 0.05) is 22.1 Å². The molecule has 0 spiro atoms. The van der Waals surface area contributed by atoms with E-state index in [-0.39, 0.29) is 25.0 Å². The number of alkyl carbamates (subject to hydrolysis) is 1. The molecule has 0 saturated carbocycles. The van der Waals surface area contributed by atoms with Gasteiger partial charge in [-0.25, -0.2) is 4.79 Å². The largest absolute Gasteiger partial charge is 0.472 e. The van der Waals surface area contributed by atoms with Crippen molar-refractivity contribution in [2.24, 2.45) is 5.92 Å². The predicted molar refractivity (Wildman–Crippen MR) is 120 cm³/mol. The molecule has 0 bridgehead atoms. The highest BCUT2D eigenvalue weighted by Crippen LogP contribution is 2.39. The zero-order valence-electron chi connectivity index (χ0n) is 17.9. The lowest BCUT2D eigenvalue weighted by atomic mass is 9.88. The zero-order chi connectivity index (χ0) is 23.2. The number of hydrogen-bond donors (Lipinski definition) is 2. The number of aromatic nitrogens is 1. The fraction of sp³-hybridized carbons (Fsp3) is 0.304. The Balaban J connectivity index is 1.31. The molecule has 3 heterocycles. The monoisotopic (exact) mass is 466 g/mol. The Kier molecular flexibility index (Phi) is 6.90. The number of carbonyl (C=O) groups is 2. The van der Waals surface area contributed by atoms with E-state index in [9.17, 15) is 14.9 Å². The van der Waals surface area contributed by atoms with Gasteiger partial charge in [-0.15, -0.1) is 11.3 Å². The first-order chi connectivity index (χ1) is 16.0. The second-order valence-corrected chi connectivity index (χ2v) is 8.77. The molecule has 0 aliphatic heterocycles. The van der Waals surface area contributed by atoms with Crippen LogP contribution in [0, 0.1) is 24.2 Å². The maximum atomic E-state index is 12.3. The molecule has 33 heavy (non-hydrogen) atoms. The van der Waals surface area contributed by atoms with Gasteiger partial charge in [-0.05, 0) is 49.8 Å². The number of nitrogens with one attached hydrogen (secondary N) is 2. The summed E-state index contributed by atoms with van der Waals surface area (Å²) in [5.41, 5.74) is 3.06. The molecule has 0 radical (unpaired) electrons. The number of ether oxygens (including phenoxy) is 1. The fourth-order valence-electron chi connectivity index (χ4n) is 3.60. The quantitative estimate of drug-likeness (QED) is 0.499. The predicted octanol–water partition coefficient (Wildman–Crippen LogP) is 4.19. The number of nitrogens with zero attached hydrogens (tertiary/aromatic N) is 2. The Hall–Kier alpha value is -3.84. The Labute approximate surface area is 194 Å². The van der Waals surface area contributed by atoms with E-state index >= 15 is 0 Å². The third-order valence-electron chi connectivity index (χ3n) is 5.41. The van der Waals surface area contributed by atoms with E-state index < -0.39 is 6.09 Å². The first kappa shape index (κ1) is 22.4. The molecule has 4 rings (SSSR count). The molecule has 170 valence electrons. The second-order valence-electron chi connectivity index (χ2n) is 7.67. The number of aryl methyl sites for hydroxylation is 1. The normalized spacial score (nSPS) is 15.1. The summed E-state index contributed by atoms with van der Waals surface area (Å²) in [6, 6.07) is 3.97. The second kappa shape index (κ2) is 10.2. The first-order valence-corrected chi connectivity index (χ1v) is 11.2. The van der Waals surface area contributed by atoms with Crippen LogP contribution in [0.4, 0.5) is 9.80 Å². The number of rotatable bonds is 7. The van der Waals surface area contributed by atoms with Gasteiger partial charge in [-0.2, -0.15) is 5.26 Å². The number of nitriles is 1. The van der Waals surface area contributed by atoms with Crippen molar-refractivity contribution in [2.75, 3.05) is 11.9 Å². The van der Waals surface area contributed by atoms with Crippen molar-refractivity contribution in [1.82, 2.24) is 10.5 Å². The van der Waals surface area contributed by atoms with Crippen LogP contribution in [-0.4, -0.2) is 23.8 Å². The molecule has 1 unspecified atom stereocenters. The fourth-order valence-corrected chi connectivity index (χ4v) is 4.91. The minimum Gasteiger partial charge on any atom is -0.472 e. The van der Waals surface area contributed by atoms with Gasteiger partial charge in [-0.1, -0.05) is 5.16 Å². The summed E-state index contributed by atoms with van der Waals surface area (Å²) in [7, 11) is 0. The third kappa shape index (κ3) is 5.51. The van der Waals surface area contributed by atoms with Gasteiger partial charge >= 0.3 is 6.09 Å². The number of amides is 2. The summed E-state index contributed by atoms with van der Waals surface area (Å²) in [5, 5.41) is 19.4. The first-order valence-electron chi connectivity index (χ1n) is 10.4. The number of anilines is 1. The van der Waals surface area contributed by atoms with Gasteiger partial charge in [-0.3, -0.25) is 4.79 Å². The number of carbonyl (C=O) groups excluding carboxylic acids is 2. The van der Waals surface area contributed by atoms with Crippen molar-refractivity contribution in [2.45, 2.75) is 32.7 Å². The molecule has 3 aromatic heterocycles. The van der Waals surface area contributed by atoms with E-state index in [1.165, 1.54) is 29.9 Å². The smallest absolute Gasteiger partial charge is 0.407 e. The maximum Gasteiger partial charge on any atom is 0.407 e. The van der Waals surface area contributed by atoms with Crippen molar-refractivity contribution >= 4 is 34.4 Å². The Bertz CT molecular complexity index is 1200. The molecule has 0 aromatic carbocycles. The lowest BCUT2D eigenvalue weighted by Crippen LogP contribution is -2.27. The molecule has 1 atom stereocenters. The summed E-state index contributed by atoms with van der Waals surface area (Å²) < 4.78 is 15.3. The van der Waals surface area contributed by atoms with Gasteiger partial charge in [0.1, 0.15) is 16.8 Å². The van der Waals surface area contributed by atoms with Crippen molar-refractivity contribution in [1.29, 1.82) is 5.26 Å². The summed E-state index contributed by atoms with van der Waals surface area (Å²) >= 11 is 1.41. The van der Waals surface area contributed by atoms with Crippen molar-refractivity contribution in [3.63, 3.8) is 0 Å². The van der Waals surface area contributed by atoms with E-state index in [2.05, 4.69) is 21.9 Å². The molecule has 2 amide bonds. The summed E-state index contributed by atoms with van der Waals surface area (Å²) in [6.45, 7) is 2.35. The van der Waals surface area contributed by atoms with Crippen LogP contribution < -0.4 is 10.6 Å². The zero-order valence-corrected chi connectivity index (χ0v) is 18.7. The molecule has 1 aliphatic rings. The maximum absolute atomic E-state index is 12.3. The molecule has 1 aliphatic carbocycles. The number of hydrogen-bond acceptors (Lipinski definition) is 8. The van der Waals surface area contributed by atoms with Crippen LogP contribution >= 0.6 is 11.3 Å². The van der Waals surface area contributed by atoms with Crippen LogP contribution in [0.1, 0.15) is 39.3 Å². The van der Waals surface area contributed by atoms with E-state index in [0.717, 1.165) is 28.0 Å². The average molecular weight is 467 g/mol. The number of fused-ring (bicyclic) bond motifs is 1. The Morgan fingerprint density at radius 2 is 2.33 bits per heavy atom. The highest BCUT2D eigenvalue weighted by atomic mass is 32.1. The molecule has 2 N–H and O–H groups in total. The SMILES string of the molecule is Cc1oncc1CNC(=O)OCC1CCc2c(sc(NC(=O)C=Cc3ccoc3)c2C#N)C1.